The van der Waals surface area contributed by atoms with Crippen LogP contribution in [-0.2, 0) is 11.8 Å². The molecule has 1 heterocycles. The maximum atomic E-state index is 5.24. The number of aliphatic imine (C=N–C) groups is 1. The van der Waals surface area contributed by atoms with Gasteiger partial charge in [-0.1, -0.05) is 41.9 Å². The first-order chi connectivity index (χ1) is 12.6. The highest BCUT2D eigenvalue weighted by Gasteiger charge is 2.38. The van der Waals surface area contributed by atoms with Crippen molar-refractivity contribution in [3.63, 3.8) is 0 Å². The molecule has 0 bridgehead atoms. The van der Waals surface area contributed by atoms with Crippen LogP contribution in [0, 0.1) is 13.8 Å². The minimum absolute atomic E-state index is 0.214. The van der Waals surface area contributed by atoms with Crippen LogP contribution in [0.2, 0.25) is 0 Å². The largest absolute Gasteiger partial charge is 0.361 e. The fourth-order valence-corrected chi connectivity index (χ4v) is 3.67. The van der Waals surface area contributed by atoms with E-state index in [1.54, 1.807) is 0 Å². The Kier molecular flexibility index (Phi) is 5.96. The molecule has 0 unspecified atom stereocenters. The van der Waals surface area contributed by atoms with Gasteiger partial charge in [0.1, 0.15) is 5.76 Å². The van der Waals surface area contributed by atoms with Crippen LogP contribution in [0.3, 0.4) is 0 Å². The highest BCUT2D eigenvalue weighted by atomic mass is 16.5. The third-order valence-electron chi connectivity index (χ3n) is 5.43. The third kappa shape index (κ3) is 4.09. The molecule has 5 nitrogen and oxygen atoms in total. The van der Waals surface area contributed by atoms with Crippen LogP contribution in [-0.4, -0.2) is 30.8 Å². The van der Waals surface area contributed by atoms with E-state index in [9.17, 15) is 0 Å². The second-order valence-corrected chi connectivity index (χ2v) is 7.17. The van der Waals surface area contributed by atoms with Crippen molar-refractivity contribution >= 4 is 5.96 Å². The van der Waals surface area contributed by atoms with Crippen LogP contribution in [0.4, 0.5) is 0 Å². The number of hydrogen-bond donors (Lipinski definition) is 2. The molecule has 140 valence electrons. The number of guanidine groups is 1. The lowest BCUT2D eigenvalue weighted by molar-refractivity contribution is 0.253. The molecule has 26 heavy (non-hydrogen) atoms. The van der Waals surface area contributed by atoms with E-state index in [1.165, 1.54) is 30.4 Å². The summed E-state index contributed by atoms with van der Waals surface area (Å²) in [4.78, 5) is 4.90. The second-order valence-electron chi connectivity index (χ2n) is 7.17. The van der Waals surface area contributed by atoms with Gasteiger partial charge in [0.15, 0.2) is 5.96 Å². The first-order valence-corrected chi connectivity index (χ1v) is 9.64. The Bertz CT molecular complexity index is 712. The highest BCUT2D eigenvalue weighted by molar-refractivity contribution is 5.79. The van der Waals surface area contributed by atoms with E-state index < -0.39 is 0 Å². The fraction of sp³-hybridized carbons (Fsp3) is 0.524. The molecular weight excluding hydrogens is 324 g/mol. The van der Waals surface area contributed by atoms with Crippen molar-refractivity contribution in [1.82, 2.24) is 15.8 Å². The second kappa shape index (κ2) is 8.39. The van der Waals surface area contributed by atoms with E-state index in [0.717, 1.165) is 43.5 Å². The number of benzene rings is 1. The van der Waals surface area contributed by atoms with Crippen LogP contribution in [0.5, 0.6) is 0 Å². The molecule has 0 atom stereocenters. The van der Waals surface area contributed by atoms with Gasteiger partial charge < -0.3 is 15.2 Å². The van der Waals surface area contributed by atoms with E-state index in [-0.39, 0.29) is 5.41 Å². The number of aromatic nitrogens is 1. The molecule has 1 aromatic carbocycles. The SMILES string of the molecule is CCNC(=NCC1(c2ccccc2)CCC1)NCCc1c(C)noc1C. The van der Waals surface area contributed by atoms with E-state index in [2.05, 4.69) is 53.0 Å². The number of nitrogens with one attached hydrogen (secondary N) is 2. The van der Waals surface area contributed by atoms with E-state index in [1.807, 2.05) is 13.8 Å². The summed E-state index contributed by atoms with van der Waals surface area (Å²) in [5.74, 6) is 1.80. The lowest BCUT2D eigenvalue weighted by Crippen LogP contribution is -2.42. The van der Waals surface area contributed by atoms with Gasteiger partial charge in [-0.3, -0.25) is 4.99 Å². The molecule has 2 N–H and O–H groups in total. The minimum Gasteiger partial charge on any atom is -0.361 e. The smallest absolute Gasteiger partial charge is 0.191 e. The molecule has 1 aliphatic rings. The number of nitrogens with zero attached hydrogens (tertiary/aromatic N) is 2. The van der Waals surface area contributed by atoms with Gasteiger partial charge in [0.2, 0.25) is 0 Å². The van der Waals surface area contributed by atoms with Crippen molar-refractivity contribution in [3.05, 3.63) is 52.9 Å². The van der Waals surface area contributed by atoms with E-state index >= 15 is 0 Å². The van der Waals surface area contributed by atoms with Gasteiger partial charge in [-0.25, -0.2) is 0 Å². The summed E-state index contributed by atoms with van der Waals surface area (Å²) in [6.07, 6.45) is 4.62. The van der Waals surface area contributed by atoms with Crippen molar-refractivity contribution in [2.24, 2.45) is 4.99 Å². The molecule has 0 spiro atoms. The summed E-state index contributed by atoms with van der Waals surface area (Å²) in [6, 6.07) is 10.8. The van der Waals surface area contributed by atoms with Gasteiger partial charge >= 0.3 is 0 Å². The fourth-order valence-electron chi connectivity index (χ4n) is 3.67. The van der Waals surface area contributed by atoms with Crippen molar-refractivity contribution < 1.29 is 4.52 Å². The summed E-state index contributed by atoms with van der Waals surface area (Å²) >= 11 is 0. The Morgan fingerprint density at radius 2 is 1.96 bits per heavy atom. The van der Waals surface area contributed by atoms with Gasteiger partial charge in [0.05, 0.1) is 12.2 Å². The molecular formula is C21H30N4O. The van der Waals surface area contributed by atoms with Gasteiger partial charge in [-0.2, -0.15) is 0 Å². The number of aryl methyl sites for hydroxylation is 2. The lowest BCUT2D eigenvalue weighted by Gasteiger charge is -2.41. The predicted molar refractivity (Wildman–Crippen MR) is 106 cm³/mol. The maximum Gasteiger partial charge on any atom is 0.191 e. The molecule has 0 amide bonds. The molecule has 0 radical (unpaired) electrons. The van der Waals surface area contributed by atoms with Gasteiger partial charge in [-0.05, 0) is 45.6 Å². The normalized spacial score (nSPS) is 16.2. The topological polar surface area (TPSA) is 62.5 Å². The average Bonchev–Trinajstić information content (AvgIpc) is 2.93. The molecule has 1 aliphatic carbocycles. The minimum atomic E-state index is 0.214. The summed E-state index contributed by atoms with van der Waals surface area (Å²) in [7, 11) is 0. The van der Waals surface area contributed by atoms with E-state index in [4.69, 9.17) is 9.52 Å². The molecule has 5 heteroatoms. The standard InChI is InChI=1S/C21H30N4O/c1-4-22-20(23-14-11-19-16(2)25-26-17(19)3)24-15-21(12-8-13-21)18-9-6-5-7-10-18/h5-7,9-10H,4,8,11-15H2,1-3H3,(H2,22,23,24). The van der Waals surface area contributed by atoms with Crippen molar-refractivity contribution in [2.75, 3.05) is 19.6 Å². The molecule has 0 aliphatic heterocycles. The van der Waals surface area contributed by atoms with Crippen LogP contribution in [0.1, 0.15) is 48.8 Å². The number of rotatable bonds is 7. The van der Waals surface area contributed by atoms with Crippen molar-refractivity contribution in [3.8, 4) is 0 Å². The molecule has 1 aromatic heterocycles. The van der Waals surface area contributed by atoms with Crippen LogP contribution in [0.15, 0.2) is 39.8 Å². The molecule has 0 saturated heterocycles. The summed E-state index contributed by atoms with van der Waals surface area (Å²) < 4.78 is 5.24. The third-order valence-corrected chi connectivity index (χ3v) is 5.43. The molecule has 1 fully saturated rings. The highest BCUT2D eigenvalue weighted by Crippen LogP contribution is 2.43. The van der Waals surface area contributed by atoms with Crippen molar-refractivity contribution in [1.29, 1.82) is 0 Å². The summed E-state index contributed by atoms with van der Waals surface area (Å²) in [6.45, 7) is 8.56. The average molecular weight is 354 g/mol. The monoisotopic (exact) mass is 354 g/mol. The lowest BCUT2D eigenvalue weighted by atomic mass is 9.64. The summed E-state index contributed by atoms with van der Waals surface area (Å²) in [5, 5.41) is 10.8. The first kappa shape index (κ1) is 18.5. The van der Waals surface area contributed by atoms with Crippen molar-refractivity contribution in [2.45, 2.75) is 51.9 Å². The maximum absolute atomic E-state index is 5.24. The van der Waals surface area contributed by atoms with E-state index in [0.29, 0.717) is 0 Å². The molecule has 1 saturated carbocycles. The quantitative estimate of drug-likeness (QED) is 0.590. The Morgan fingerprint density at radius 3 is 2.54 bits per heavy atom. The zero-order valence-corrected chi connectivity index (χ0v) is 16.1. The zero-order valence-electron chi connectivity index (χ0n) is 16.1. The summed E-state index contributed by atoms with van der Waals surface area (Å²) in [5.41, 5.74) is 3.80. The zero-order chi connectivity index (χ0) is 18.4. The predicted octanol–water partition coefficient (Wildman–Crippen LogP) is 3.51. The Balaban J connectivity index is 1.62. The van der Waals surface area contributed by atoms with Gasteiger partial charge in [0, 0.05) is 24.1 Å². The Labute approximate surface area is 156 Å². The first-order valence-electron chi connectivity index (χ1n) is 9.64. The Hall–Kier alpha value is -2.30. The molecule has 2 aromatic rings. The molecule has 3 rings (SSSR count). The van der Waals surface area contributed by atoms with Gasteiger partial charge in [0.25, 0.3) is 0 Å². The van der Waals surface area contributed by atoms with Crippen LogP contribution < -0.4 is 10.6 Å². The number of hydrogen-bond acceptors (Lipinski definition) is 3. The Morgan fingerprint density at radius 1 is 1.19 bits per heavy atom. The van der Waals surface area contributed by atoms with Crippen LogP contribution in [0.25, 0.3) is 0 Å². The van der Waals surface area contributed by atoms with Crippen LogP contribution >= 0.6 is 0 Å². The van der Waals surface area contributed by atoms with Gasteiger partial charge in [-0.15, -0.1) is 0 Å².